The minimum atomic E-state index is 0.0430. The maximum atomic E-state index is 12.6. The first-order valence-electron chi connectivity index (χ1n) is 11.1. The molecule has 1 N–H and O–H groups in total. The SMILES string of the molecule is O=C(CN1CCN(c2ncnc3sccc23)CC1)Nc1ccc(N2CCCCC2)cc1. The average molecular weight is 437 g/mol. The van der Waals surface area contributed by atoms with Gasteiger partial charge < -0.3 is 15.1 Å². The largest absolute Gasteiger partial charge is 0.372 e. The van der Waals surface area contributed by atoms with Crippen LogP contribution in [0, 0.1) is 0 Å². The molecule has 2 aliphatic rings. The van der Waals surface area contributed by atoms with Gasteiger partial charge in [0.1, 0.15) is 17.0 Å². The number of hydrogen-bond donors (Lipinski definition) is 1. The highest BCUT2D eigenvalue weighted by atomic mass is 32.1. The van der Waals surface area contributed by atoms with Crippen LogP contribution < -0.4 is 15.1 Å². The lowest BCUT2D eigenvalue weighted by atomic mass is 10.1. The minimum Gasteiger partial charge on any atom is -0.372 e. The number of aromatic nitrogens is 2. The Morgan fingerprint density at radius 2 is 1.68 bits per heavy atom. The molecule has 8 heteroatoms. The van der Waals surface area contributed by atoms with E-state index in [0.29, 0.717) is 6.54 Å². The number of carbonyl (C=O) groups is 1. The third kappa shape index (κ3) is 4.65. The van der Waals surface area contributed by atoms with Crippen molar-refractivity contribution in [1.82, 2.24) is 14.9 Å². The van der Waals surface area contributed by atoms with Crippen molar-refractivity contribution >= 4 is 44.7 Å². The molecule has 5 rings (SSSR count). The average Bonchev–Trinajstić information content (AvgIpc) is 3.30. The molecule has 31 heavy (non-hydrogen) atoms. The van der Waals surface area contributed by atoms with Crippen LogP contribution in [0.1, 0.15) is 19.3 Å². The Morgan fingerprint density at radius 3 is 2.45 bits per heavy atom. The van der Waals surface area contributed by atoms with E-state index in [4.69, 9.17) is 0 Å². The van der Waals surface area contributed by atoms with Crippen molar-refractivity contribution in [3.63, 3.8) is 0 Å². The molecule has 4 heterocycles. The fraction of sp³-hybridized carbons (Fsp3) is 0.435. The first kappa shape index (κ1) is 20.2. The maximum Gasteiger partial charge on any atom is 0.238 e. The molecular formula is C23H28N6OS. The van der Waals surface area contributed by atoms with Gasteiger partial charge in [-0.15, -0.1) is 11.3 Å². The van der Waals surface area contributed by atoms with Gasteiger partial charge in [-0.3, -0.25) is 9.69 Å². The van der Waals surface area contributed by atoms with E-state index >= 15 is 0 Å². The van der Waals surface area contributed by atoms with E-state index in [9.17, 15) is 4.79 Å². The molecule has 1 aromatic carbocycles. The Kier molecular flexibility index (Phi) is 5.99. The Hall–Kier alpha value is -2.71. The summed E-state index contributed by atoms with van der Waals surface area (Å²) in [5.41, 5.74) is 2.11. The molecule has 0 radical (unpaired) electrons. The normalized spacial score (nSPS) is 17.8. The molecule has 0 aliphatic carbocycles. The summed E-state index contributed by atoms with van der Waals surface area (Å²) in [6.45, 7) is 6.09. The topological polar surface area (TPSA) is 64.6 Å². The van der Waals surface area contributed by atoms with Gasteiger partial charge in [0.2, 0.25) is 5.91 Å². The number of benzene rings is 1. The lowest BCUT2D eigenvalue weighted by Crippen LogP contribution is -2.49. The van der Waals surface area contributed by atoms with E-state index in [1.807, 2.05) is 12.1 Å². The third-order valence-corrected chi connectivity index (χ3v) is 6.97. The molecule has 2 aliphatic heterocycles. The summed E-state index contributed by atoms with van der Waals surface area (Å²) in [5.74, 6) is 1.05. The van der Waals surface area contributed by atoms with Crippen molar-refractivity contribution in [2.24, 2.45) is 0 Å². The smallest absolute Gasteiger partial charge is 0.238 e. The molecule has 0 bridgehead atoms. The van der Waals surface area contributed by atoms with Crippen LogP contribution in [0.15, 0.2) is 42.0 Å². The van der Waals surface area contributed by atoms with Crippen molar-refractivity contribution < 1.29 is 4.79 Å². The summed E-state index contributed by atoms with van der Waals surface area (Å²) in [7, 11) is 0. The summed E-state index contributed by atoms with van der Waals surface area (Å²) in [6.07, 6.45) is 5.50. The molecule has 7 nitrogen and oxygen atoms in total. The second-order valence-electron chi connectivity index (χ2n) is 8.24. The van der Waals surface area contributed by atoms with E-state index in [1.54, 1.807) is 17.7 Å². The van der Waals surface area contributed by atoms with Crippen LogP contribution in [0.5, 0.6) is 0 Å². The molecule has 0 unspecified atom stereocenters. The van der Waals surface area contributed by atoms with Crippen molar-refractivity contribution in [2.45, 2.75) is 19.3 Å². The van der Waals surface area contributed by atoms with E-state index in [-0.39, 0.29) is 5.91 Å². The number of piperidine rings is 1. The Bertz CT molecular complexity index is 1020. The third-order valence-electron chi connectivity index (χ3n) is 6.15. The van der Waals surface area contributed by atoms with E-state index < -0.39 is 0 Å². The number of anilines is 3. The summed E-state index contributed by atoms with van der Waals surface area (Å²) >= 11 is 1.64. The molecule has 2 aromatic heterocycles. The fourth-order valence-corrected chi connectivity index (χ4v) is 5.19. The summed E-state index contributed by atoms with van der Waals surface area (Å²) in [5, 5.41) is 6.23. The summed E-state index contributed by atoms with van der Waals surface area (Å²) in [6, 6.07) is 10.4. The standard InChI is InChI=1S/C23H28N6OS/c30-21(26-18-4-6-19(7-5-18)28-9-2-1-3-10-28)16-27-11-13-29(14-12-27)22-20-8-15-31-23(20)25-17-24-22/h4-8,15,17H,1-3,9-14,16H2,(H,26,30). The van der Waals surface area contributed by atoms with Crippen molar-refractivity contribution in [1.29, 1.82) is 0 Å². The van der Waals surface area contributed by atoms with Crippen LogP contribution in [-0.4, -0.2) is 66.6 Å². The highest BCUT2D eigenvalue weighted by Crippen LogP contribution is 2.27. The minimum absolute atomic E-state index is 0.0430. The number of thiophene rings is 1. The Balaban J connectivity index is 1.12. The van der Waals surface area contributed by atoms with E-state index in [1.165, 1.54) is 24.9 Å². The van der Waals surface area contributed by atoms with Crippen LogP contribution in [0.25, 0.3) is 10.2 Å². The highest BCUT2D eigenvalue weighted by molar-refractivity contribution is 7.16. The number of hydrogen-bond acceptors (Lipinski definition) is 7. The number of amides is 1. The highest BCUT2D eigenvalue weighted by Gasteiger charge is 2.21. The first-order valence-corrected chi connectivity index (χ1v) is 11.9. The van der Waals surface area contributed by atoms with Gasteiger partial charge in [0.25, 0.3) is 0 Å². The first-order chi connectivity index (χ1) is 15.3. The van der Waals surface area contributed by atoms with Gasteiger partial charge in [0.15, 0.2) is 0 Å². The molecule has 2 saturated heterocycles. The summed E-state index contributed by atoms with van der Waals surface area (Å²) in [4.78, 5) is 29.4. The fourth-order valence-electron chi connectivity index (χ4n) is 4.46. The van der Waals surface area contributed by atoms with Gasteiger partial charge in [-0.05, 0) is 55.0 Å². The summed E-state index contributed by atoms with van der Waals surface area (Å²) < 4.78 is 0. The quantitative estimate of drug-likeness (QED) is 0.661. The predicted molar refractivity (Wildman–Crippen MR) is 127 cm³/mol. The van der Waals surface area contributed by atoms with Gasteiger partial charge in [-0.2, -0.15) is 0 Å². The van der Waals surface area contributed by atoms with E-state index in [2.05, 4.69) is 53.6 Å². The Morgan fingerprint density at radius 1 is 0.903 bits per heavy atom. The lowest BCUT2D eigenvalue weighted by molar-refractivity contribution is -0.117. The molecule has 0 atom stereocenters. The number of nitrogens with zero attached hydrogens (tertiary/aromatic N) is 5. The van der Waals surface area contributed by atoms with Gasteiger partial charge in [0.05, 0.1) is 11.9 Å². The van der Waals surface area contributed by atoms with Gasteiger partial charge in [-0.1, -0.05) is 0 Å². The molecule has 0 spiro atoms. The van der Waals surface area contributed by atoms with Crippen LogP contribution in [0.4, 0.5) is 17.2 Å². The zero-order valence-electron chi connectivity index (χ0n) is 17.7. The number of rotatable bonds is 5. The second-order valence-corrected chi connectivity index (χ2v) is 9.14. The van der Waals surface area contributed by atoms with E-state index in [0.717, 1.165) is 61.0 Å². The molecule has 2 fully saturated rings. The predicted octanol–water partition coefficient (Wildman–Crippen LogP) is 3.44. The molecule has 1 amide bonds. The zero-order valence-corrected chi connectivity index (χ0v) is 18.5. The number of nitrogens with one attached hydrogen (secondary N) is 1. The molecule has 0 saturated carbocycles. The van der Waals surface area contributed by atoms with Gasteiger partial charge >= 0.3 is 0 Å². The monoisotopic (exact) mass is 436 g/mol. The van der Waals surface area contributed by atoms with Gasteiger partial charge in [-0.25, -0.2) is 9.97 Å². The van der Waals surface area contributed by atoms with Crippen LogP contribution in [-0.2, 0) is 4.79 Å². The van der Waals surface area contributed by atoms with Crippen molar-refractivity contribution in [3.8, 4) is 0 Å². The van der Waals surface area contributed by atoms with Gasteiger partial charge in [0, 0.05) is 50.6 Å². The maximum absolute atomic E-state index is 12.6. The Labute approximate surface area is 186 Å². The number of carbonyl (C=O) groups excluding carboxylic acids is 1. The molecule has 162 valence electrons. The van der Waals surface area contributed by atoms with Crippen LogP contribution in [0.2, 0.25) is 0 Å². The molecular weight excluding hydrogens is 408 g/mol. The lowest BCUT2D eigenvalue weighted by Gasteiger charge is -2.35. The van der Waals surface area contributed by atoms with Crippen LogP contribution in [0.3, 0.4) is 0 Å². The number of piperazine rings is 1. The zero-order chi connectivity index (χ0) is 21.0. The number of fused-ring (bicyclic) bond motifs is 1. The van der Waals surface area contributed by atoms with Crippen LogP contribution >= 0.6 is 11.3 Å². The van der Waals surface area contributed by atoms with Crippen molar-refractivity contribution in [2.75, 3.05) is 60.9 Å². The van der Waals surface area contributed by atoms with Crippen molar-refractivity contribution in [3.05, 3.63) is 42.0 Å². The molecule has 3 aromatic rings. The second kappa shape index (κ2) is 9.20.